The van der Waals surface area contributed by atoms with Crippen molar-refractivity contribution in [3.8, 4) is 0 Å². The summed E-state index contributed by atoms with van der Waals surface area (Å²) in [5.41, 5.74) is 1.29. The minimum atomic E-state index is -4.89. The van der Waals surface area contributed by atoms with Crippen LogP contribution in [-0.2, 0) is 24.0 Å². The Hall–Kier alpha value is -1.43. The molecular weight excluding hydrogens is 399 g/mol. The lowest BCUT2D eigenvalue weighted by molar-refractivity contribution is -0.702. The van der Waals surface area contributed by atoms with E-state index in [0.29, 0.717) is 0 Å². The minimum Gasteiger partial charge on any atom is -0.756 e. The van der Waals surface area contributed by atoms with Crippen LogP contribution < -0.4 is 9.46 Å². The van der Waals surface area contributed by atoms with Gasteiger partial charge in [0.1, 0.15) is 12.4 Å². The SMILES string of the molecule is CCCCCCC[n+]1cc[nH]c1C/C=C\Cc1ccc(Cl)cc1.O=P([O-])(O)O. The van der Waals surface area contributed by atoms with Gasteiger partial charge in [0.25, 0.3) is 13.6 Å². The number of aromatic nitrogens is 2. The molecular formula is C20H30ClN2O4P. The number of hydrogen-bond acceptors (Lipinski definition) is 2. The van der Waals surface area contributed by atoms with Crippen LogP contribution in [0.25, 0.3) is 0 Å². The van der Waals surface area contributed by atoms with Gasteiger partial charge in [-0.15, -0.1) is 0 Å². The Bertz CT molecular complexity index is 733. The number of H-pyrrole nitrogens is 1. The van der Waals surface area contributed by atoms with Gasteiger partial charge in [-0.25, -0.2) is 9.55 Å². The Balaban J connectivity index is 0.000000696. The summed E-state index contributed by atoms with van der Waals surface area (Å²) in [6.45, 7) is 3.38. The highest BCUT2D eigenvalue weighted by molar-refractivity contribution is 7.43. The molecule has 0 radical (unpaired) electrons. The molecule has 156 valence electrons. The minimum absolute atomic E-state index is 0.795. The Morgan fingerprint density at radius 1 is 1.11 bits per heavy atom. The summed E-state index contributed by atoms with van der Waals surface area (Å²) in [5.74, 6) is 1.29. The molecule has 1 aromatic heterocycles. The lowest BCUT2D eigenvalue weighted by atomic mass is 10.1. The first-order valence-corrected chi connectivity index (χ1v) is 11.4. The van der Waals surface area contributed by atoms with Crippen LogP contribution in [0.2, 0.25) is 5.02 Å². The van der Waals surface area contributed by atoms with Crippen LogP contribution in [0.3, 0.4) is 0 Å². The summed E-state index contributed by atoms with van der Waals surface area (Å²) in [4.78, 5) is 26.3. The number of phosphoric acid groups is 1. The molecule has 8 heteroatoms. The molecule has 0 fully saturated rings. The molecule has 0 aliphatic carbocycles. The summed E-state index contributed by atoms with van der Waals surface area (Å²) in [6, 6.07) is 8.06. The Labute approximate surface area is 172 Å². The van der Waals surface area contributed by atoms with Gasteiger partial charge in [-0.2, -0.15) is 0 Å². The maximum atomic E-state index is 8.77. The smallest absolute Gasteiger partial charge is 0.262 e. The van der Waals surface area contributed by atoms with E-state index in [2.05, 4.69) is 47.0 Å². The van der Waals surface area contributed by atoms with Crippen molar-refractivity contribution < 1.29 is 23.8 Å². The van der Waals surface area contributed by atoms with Gasteiger partial charge in [0, 0.05) is 5.02 Å². The first kappa shape index (κ1) is 24.6. The third kappa shape index (κ3) is 12.9. The zero-order chi connectivity index (χ0) is 20.8. The molecule has 3 N–H and O–H groups in total. The van der Waals surface area contributed by atoms with Gasteiger partial charge in [0.05, 0.1) is 13.0 Å². The molecule has 2 aromatic rings. The second-order valence-electron chi connectivity index (χ2n) is 6.51. The largest absolute Gasteiger partial charge is 0.756 e. The van der Waals surface area contributed by atoms with E-state index in [1.54, 1.807) is 0 Å². The Kier molecular flexibility index (Phi) is 12.0. The second kappa shape index (κ2) is 13.7. The fourth-order valence-corrected chi connectivity index (χ4v) is 2.83. The van der Waals surface area contributed by atoms with Gasteiger partial charge in [0.2, 0.25) is 0 Å². The van der Waals surface area contributed by atoms with Crippen LogP contribution in [-0.4, -0.2) is 14.8 Å². The summed E-state index contributed by atoms with van der Waals surface area (Å²) >= 11 is 5.90. The van der Waals surface area contributed by atoms with E-state index in [1.807, 2.05) is 18.3 Å². The van der Waals surface area contributed by atoms with E-state index in [0.717, 1.165) is 24.4 Å². The second-order valence-corrected chi connectivity index (χ2v) is 7.93. The maximum Gasteiger partial charge on any atom is 0.262 e. The third-order valence-corrected chi connectivity index (χ3v) is 4.35. The van der Waals surface area contributed by atoms with Crippen molar-refractivity contribution in [2.75, 3.05) is 0 Å². The number of aryl methyl sites for hydroxylation is 1. The normalized spacial score (nSPS) is 11.5. The molecule has 0 saturated heterocycles. The molecule has 0 unspecified atom stereocenters. The third-order valence-electron chi connectivity index (χ3n) is 4.10. The van der Waals surface area contributed by atoms with Gasteiger partial charge >= 0.3 is 0 Å². The van der Waals surface area contributed by atoms with Crippen LogP contribution in [0.15, 0.2) is 48.8 Å². The first-order valence-electron chi connectivity index (χ1n) is 9.51. The topological polar surface area (TPSA) is 100 Å². The number of allylic oxidation sites excluding steroid dienone is 2. The lowest BCUT2D eigenvalue weighted by Gasteiger charge is -2.01. The number of nitrogens with zero attached hydrogens (tertiary/aromatic N) is 1. The average molecular weight is 429 g/mol. The average Bonchev–Trinajstić information content (AvgIpc) is 3.06. The summed E-state index contributed by atoms with van der Waals surface area (Å²) in [7, 11) is -4.89. The molecule has 6 nitrogen and oxygen atoms in total. The molecule has 28 heavy (non-hydrogen) atoms. The van der Waals surface area contributed by atoms with Crippen molar-refractivity contribution in [3.63, 3.8) is 0 Å². The number of halogens is 1. The molecule has 0 saturated carbocycles. The van der Waals surface area contributed by atoms with Crippen molar-refractivity contribution >= 4 is 19.4 Å². The van der Waals surface area contributed by atoms with Crippen LogP contribution in [0.5, 0.6) is 0 Å². The number of benzene rings is 1. The van der Waals surface area contributed by atoms with Crippen LogP contribution >= 0.6 is 19.4 Å². The molecule has 0 atom stereocenters. The lowest BCUT2D eigenvalue weighted by Crippen LogP contribution is -2.35. The number of nitrogens with one attached hydrogen (secondary N) is 1. The molecule has 0 aliphatic rings. The first-order chi connectivity index (χ1) is 13.3. The molecule has 1 aromatic carbocycles. The molecule has 0 aliphatic heterocycles. The fourth-order valence-electron chi connectivity index (χ4n) is 2.70. The zero-order valence-electron chi connectivity index (χ0n) is 16.3. The Morgan fingerprint density at radius 2 is 1.71 bits per heavy atom. The molecule has 0 amide bonds. The maximum absolute atomic E-state index is 8.77. The summed E-state index contributed by atoms with van der Waals surface area (Å²) in [5, 5.41) is 0.795. The molecule has 2 rings (SSSR count). The van der Waals surface area contributed by atoms with Gasteiger partial charge < -0.3 is 14.7 Å². The predicted molar refractivity (Wildman–Crippen MR) is 110 cm³/mol. The quantitative estimate of drug-likeness (QED) is 0.232. The van der Waals surface area contributed by atoms with Crippen molar-refractivity contribution in [2.45, 2.75) is 58.4 Å². The summed E-state index contributed by atoms with van der Waals surface area (Å²) < 4.78 is 11.1. The van der Waals surface area contributed by atoms with Crippen molar-refractivity contribution in [1.29, 1.82) is 0 Å². The van der Waals surface area contributed by atoms with E-state index < -0.39 is 7.82 Å². The highest BCUT2D eigenvalue weighted by Gasteiger charge is 2.07. The van der Waals surface area contributed by atoms with Crippen LogP contribution in [0.1, 0.15) is 50.4 Å². The van der Waals surface area contributed by atoms with Gasteiger partial charge in [-0.05, 0) is 37.0 Å². The van der Waals surface area contributed by atoms with E-state index in [4.69, 9.17) is 30.8 Å². The predicted octanol–water partition coefficient (Wildman–Crippen LogP) is 3.71. The number of unbranched alkanes of at least 4 members (excludes halogenated alkanes) is 4. The standard InChI is InChI=1S/C20H27ClN2.H3O4P/c1-2-3-4-5-8-16-23-17-15-22-20(23)10-7-6-9-18-11-13-19(21)14-12-18;1-5(2,3)4/h6-7,11-15,17H,2-5,8-10,16H2,1H3;(H3,1,2,3,4)/b7-6-;. The van der Waals surface area contributed by atoms with Crippen molar-refractivity contribution in [3.05, 3.63) is 65.2 Å². The number of imidazole rings is 1. The van der Waals surface area contributed by atoms with E-state index >= 15 is 0 Å². The van der Waals surface area contributed by atoms with Gasteiger partial charge in [-0.1, -0.05) is 62.1 Å². The van der Waals surface area contributed by atoms with Crippen LogP contribution in [0.4, 0.5) is 0 Å². The van der Waals surface area contributed by atoms with Gasteiger partial charge in [-0.3, -0.25) is 4.57 Å². The van der Waals surface area contributed by atoms with Crippen molar-refractivity contribution in [2.24, 2.45) is 0 Å². The highest BCUT2D eigenvalue weighted by Crippen LogP contribution is 2.19. The van der Waals surface area contributed by atoms with Crippen molar-refractivity contribution in [1.82, 2.24) is 4.98 Å². The van der Waals surface area contributed by atoms with Gasteiger partial charge in [0.15, 0.2) is 0 Å². The number of rotatable bonds is 10. The molecule has 0 bridgehead atoms. The number of hydrogen-bond donors (Lipinski definition) is 3. The van der Waals surface area contributed by atoms with E-state index in [9.17, 15) is 0 Å². The number of aromatic amines is 1. The highest BCUT2D eigenvalue weighted by atomic mass is 35.5. The fraction of sp³-hybridized carbons (Fsp3) is 0.450. The van der Waals surface area contributed by atoms with Crippen LogP contribution in [0, 0.1) is 0 Å². The molecule has 0 spiro atoms. The van der Waals surface area contributed by atoms with E-state index in [1.165, 1.54) is 43.5 Å². The molecule has 1 heterocycles. The summed E-state index contributed by atoms with van der Waals surface area (Å²) in [6.07, 6.45) is 17.2. The Morgan fingerprint density at radius 3 is 2.36 bits per heavy atom. The van der Waals surface area contributed by atoms with E-state index in [-0.39, 0.29) is 0 Å². The monoisotopic (exact) mass is 428 g/mol. The zero-order valence-corrected chi connectivity index (χ0v) is 17.9.